The summed E-state index contributed by atoms with van der Waals surface area (Å²) in [6, 6.07) is 12.8. The number of carbonyl (C=O) groups excluding carboxylic acids is 2. The first-order valence-corrected chi connectivity index (χ1v) is 11.5. The third-order valence-corrected chi connectivity index (χ3v) is 6.34. The summed E-state index contributed by atoms with van der Waals surface area (Å²) in [7, 11) is 3.13. The maximum atomic E-state index is 12.8. The first-order valence-electron chi connectivity index (χ1n) is 9.44. The number of nitrogens with zero attached hydrogens (tertiary/aromatic N) is 1. The van der Waals surface area contributed by atoms with E-state index in [-0.39, 0.29) is 18.2 Å². The number of thiocarbonyl (C=S) groups is 1. The highest BCUT2D eigenvalue weighted by Crippen LogP contribution is 2.34. The predicted octanol–water partition coefficient (Wildman–Crippen LogP) is 5.09. The number of ether oxygens (including phenoxy) is 2. The van der Waals surface area contributed by atoms with E-state index in [1.807, 2.05) is 30.3 Å². The predicted molar refractivity (Wildman–Crippen MR) is 131 cm³/mol. The molecule has 0 bridgehead atoms. The van der Waals surface area contributed by atoms with Crippen molar-refractivity contribution in [2.24, 2.45) is 0 Å². The molecule has 9 heteroatoms. The van der Waals surface area contributed by atoms with Gasteiger partial charge in [-0.15, -0.1) is 0 Å². The Morgan fingerprint density at radius 2 is 1.97 bits per heavy atom. The van der Waals surface area contributed by atoms with Gasteiger partial charge in [-0.1, -0.05) is 52.0 Å². The minimum atomic E-state index is -0.155. The van der Waals surface area contributed by atoms with Gasteiger partial charge in [-0.25, -0.2) is 0 Å². The van der Waals surface area contributed by atoms with Crippen LogP contribution in [-0.2, 0) is 9.59 Å². The largest absolute Gasteiger partial charge is 0.493 e. The van der Waals surface area contributed by atoms with Crippen molar-refractivity contribution in [1.82, 2.24) is 4.90 Å². The van der Waals surface area contributed by atoms with Gasteiger partial charge in [0.1, 0.15) is 4.32 Å². The van der Waals surface area contributed by atoms with Gasteiger partial charge < -0.3 is 14.8 Å². The topological polar surface area (TPSA) is 67.9 Å². The van der Waals surface area contributed by atoms with E-state index in [1.165, 1.54) is 11.8 Å². The van der Waals surface area contributed by atoms with Crippen LogP contribution in [0.25, 0.3) is 6.08 Å². The van der Waals surface area contributed by atoms with Crippen LogP contribution < -0.4 is 14.8 Å². The molecule has 162 valence electrons. The first-order chi connectivity index (χ1) is 14.9. The zero-order valence-electron chi connectivity index (χ0n) is 17.0. The van der Waals surface area contributed by atoms with Crippen molar-refractivity contribution in [2.45, 2.75) is 12.8 Å². The van der Waals surface area contributed by atoms with Crippen LogP contribution in [0.1, 0.15) is 18.4 Å². The summed E-state index contributed by atoms with van der Waals surface area (Å²) in [4.78, 5) is 27.0. The number of carbonyl (C=O) groups is 2. The second-order valence-electron chi connectivity index (χ2n) is 6.61. The average molecular weight is 521 g/mol. The second-order valence-corrected chi connectivity index (χ2v) is 9.20. The van der Waals surface area contributed by atoms with Crippen LogP contribution in [0.2, 0.25) is 0 Å². The third-order valence-electron chi connectivity index (χ3n) is 4.47. The van der Waals surface area contributed by atoms with E-state index in [1.54, 1.807) is 37.3 Å². The summed E-state index contributed by atoms with van der Waals surface area (Å²) < 4.78 is 11.9. The Kier molecular flexibility index (Phi) is 8.11. The van der Waals surface area contributed by atoms with E-state index in [9.17, 15) is 9.59 Å². The van der Waals surface area contributed by atoms with Crippen LogP contribution in [0.5, 0.6) is 11.5 Å². The number of hydrogen-bond acceptors (Lipinski definition) is 6. The van der Waals surface area contributed by atoms with Crippen LogP contribution in [0.3, 0.4) is 0 Å². The number of anilines is 1. The van der Waals surface area contributed by atoms with Gasteiger partial charge in [0.15, 0.2) is 11.5 Å². The number of hydrogen-bond donors (Lipinski definition) is 1. The Bertz CT molecular complexity index is 1040. The number of amides is 2. The molecule has 0 aromatic heterocycles. The molecule has 6 nitrogen and oxygen atoms in total. The molecule has 3 rings (SSSR count). The van der Waals surface area contributed by atoms with Crippen molar-refractivity contribution in [1.29, 1.82) is 0 Å². The number of halogens is 1. The molecule has 2 aromatic rings. The van der Waals surface area contributed by atoms with Crippen molar-refractivity contribution in [3.8, 4) is 11.5 Å². The standard InChI is InChI=1S/C22H21BrN2O4S2/c1-28-17-9-8-14(11-18(17)29-2)12-19-21(27)25(22(30)31-19)10-4-7-20(26)24-16-6-3-5-15(23)13-16/h3,5-6,8-9,11-13H,4,7,10H2,1-2H3,(H,24,26). The molecule has 1 saturated heterocycles. The molecule has 1 aliphatic rings. The minimum absolute atomic E-state index is 0.107. The second kappa shape index (κ2) is 10.8. The molecule has 2 aromatic carbocycles. The third kappa shape index (κ3) is 6.09. The summed E-state index contributed by atoms with van der Waals surface area (Å²) >= 11 is 10.0. The van der Waals surface area contributed by atoms with Crippen LogP contribution in [0, 0.1) is 0 Å². The van der Waals surface area contributed by atoms with Gasteiger partial charge in [0, 0.05) is 23.1 Å². The summed E-state index contributed by atoms with van der Waals surface area (Å²) in [5.41, 5.74) is 1.54. The van der Waals surface area contributed by atoms with Gasteiger partial charge in [0.05, 0.1) is 19.1 Å². The maximum Gasteiger partial charge on any atom is 0.266 e. The zero-order valence-corrected chi connectivity index (χ0v) is 20.2. The highest BCUT2D eigenvalue weighted by molar-refractivity contribution is 9.10. The lowest BCUT2D eigenvalue weighted by molar-refractivity contribution is -0.122. The molecular formula is C22H21BrN2O4S2. The minimum Gasteiger partial charge on any atom is -0.493 e. The number of methoxy groups -OCH3 is 2. The van der Waals surface area contributed by atoms with E-state index in [0.717, 1.165) is 15.7 Å². The van der Waals surface area contributed by atoms with E-state index >= 15 is 0 Å². The fourth-order valence-electron chi connectivity index (χ4n) is 2.97. The van der Waals surface area contributed by atoms with Crippen LogP contribution in [-0.4, -0.2) is 41.8 Å². The van der Waals surface area contributed by atoms with E-state index in [2.05, 4.69) is 21.2 Å². The maximum absolute atomic E-state index is 12.8. The van der Waals surface area contributed by atoms with Gasteiger partial charge in [-0.3, -0.25) is 14.5 Å². The van der Waals surface area contributed by atoms with Crippen LogP contribution >= 0.6 is 39.9 Å². The molecule has 1 aliphatic heterocycles. The fraction of sp³-hybridized carbons (Fsp3) is 0.227. The number of thioether (sulfide) groups is 1. The van der Waals surface area contributed by atoms with Crippen molar-refractivity contribution in [3.63, 3.8) is 0 Å². The van der Waals surface area contributed by atoms with Gasteiger partial charge in [0.2, 0.25) is 5.91 Å². The summed E-state index contributed by atoms with van der Waals surface area (Å²) in [5, 5.41) is 2.85. The Balaban J connectivity index is 1.57. The Morgan fingerprint density at radius 1 is 1.19 bits per heavy atom. The normalized spacial score (nSPS) is 14.8. The van der Waals surface area contributed by atoms with E-state index in [0.29, 0.717) is 33.7 Å². The summed E-state index contributed by atoms with van der Waals surface area (Å²) in [6.45, 7) is 0.389. The molecule has 1 heterocycles. The van der Waals surface area contributed by atoms with Crippen LogP contribution in [0.15, 0.2) is 51.8 Å². The van der Waals surface area contributed by atoms with Crippen LogP contribution in [0.4, 0.5) is 5.69 Å². The smallest absolute Gasteiger partial charge is 0.266 e. The van der Waals surface area contributed by atoms with E-state index < -0.39 is 0 Å². The Morgan fingerprint density at radius 3 is 2.68 bits per heavy atom. The molecule has 2 amide bonds. The molecule has 0 aliphatic carbocycles. The molecule has 31 heavy (non-hydrogen) atoms. The van der Waals surface area contributed by atoms with Crippen molar-refractivity contribution >= 4 is 67.8 Å². The van der Waals surface area contributed by atoms with Gasteiger partial charge in [0.25, 0.3) is 5.91 Å². The lowest BCUT2D eigenvalue weighted by atomic mass is 10.2. The Hall–Kier alpha value is -2.36. The molecule has 0 spiro atoms. The van der Waals surface area contributed by atoms with Crippen molar-refractivity contribution in [3.05, 3.63) is 57.4 Å². The zero-order chi connectivity index (χ0) is 22.4. The van der Waals surface area contributed by atoms with Gasteiger partial charge >= 0.3 is 0 Å². The molecule has 1 N–H and O–H groups in total. The molecule has 1 fully saturated rings. The number of benzene rings is 2. The monoisotopic (exact) mass is 520 g/mol. The molecular weight excluding hydrogens is 500 g/mol. The van der Waals surface area contributed by atoms with Gasteiger partial charge in [-0.2, -0.15) is 0 Å². The lowest BCUT2D eigenvalue weighted by Crippen LogP contribution is -2.29. The van der Waals surface area contributed by atoms with Crippen molar-refractivity contribution < 1.29 is 19.1 Å². The molecule has 0 unspecified atom stereocenters. The van der Waals surface area contributed by atoms with Gasteiger partial charge in [-0.05, 0) is 48.4 Å². The fourth-order valence-corrected chi connectivity index (χ4v) is 4.68. The van der Waals surface area contributed by atoms with E-state index in [4.69, 9.17) is 21.7 Å². The lowest BCUT2D eigenvalue weighted by Gasteiger charge is -2.14. The summed E-state index contributed by atoms with van der Waals surface area (Å²) in [6.07, 6.45) is 2.58. The highest BCUT2D eigenvalue weighted by Gasteiger charge is 2.31. The summed E-state index contributed by atoms with van der Waals surface area (Å²) in [5.74, 6) is 0.943. The molecule has 0 radical (unpaired) electrons. The first kappa shape index (κ1) is 23.3. The number of nitrogens with one attached hydrogen (secondary N) is 1. The quantitative estimate of drug-likeness (QED) is 0.386. The molecule has 0 saturated carbocycles. The highest BCUT2D eigenvalue weighted by atomic mass is 79.9. The molecule has 0 atom stereocenters. The average Bonchev–Trinajstić information content (AvgIpc) is 3.01. The Labute approximate surface area is 199 Å². The number of rotatable bonds is 8. The van der Waals surface area contributed by atoms with Crippen molar-refractivity contribution in [2.75, 3.05) is 26.1 Å². The SMILES string of the molecule is COc1ccc(C=C2SC(=S)N(CCCC(=O)Nc3cccc(Br)c3)C2=O)cc1OC.